The molecular weight excluding hydrogens is 228 g/mol. The van der Waals surface area contributed by atoms with Gasteiger partial charge in [-0.1, -0.05) is 37.6 Å². The fourth-order valence-electron chi connectivity index (χ4n) is 2.58. The summed E-state index contributed by atoms with van der Waals surface area (Å²) in [6.45, 7) is 4.39. The van der Waals surface area contributed by atoms with Gasteiger partial charge in [-0.25, -0.2) is 0 Å². The lowest BCUT2D eigenvalue weighted by Crippen LogP contribution is -2.26. The number of rotatable bonds is 4. The third-order valence-electron chi connectivity index (χ3n) is 3.63. The monoisotopic (exact) mass is 250 g/mol. The number of aliphatic hydroxyl groups excluding tert-OH is 1. The number of aliphatic hydroxyl groups is 1. The minimum absolute atomic E-state index is 0.0187. The van der Waals surface area contributed by atoms with Crippen molar-refractivity contribution >= 4 is 11.8 Å². The van der Waals surface area contributed by atoms with Crippen LogP contribution in [0.3, 0.4) is 0 Å². The molecule has 2 heteroatoms. The fourth-order valence-corrected chi connectivity index (χ4v) is 3.91. The van der Waals surface area contributed by atoms with Crippen molar-refractivity contribution in [3.8, 4) is 0 Å². The second-order valence-electron chi connectivity index (χ2n) is 5.16. The molecule has 1 aliphatic heterocycles. The molecule has 94 valence electrons. The highest BCUT2D eigenvalue weighted by molar-refractivity contribution is 8.00. The Morgan fingerprint density at radius 1 is 1.47 bits per heavy atom. The standard InChI is InChI=1S/C15H22OS/c1-3-6-12-7-4-8-13(11-12)14(16)15(2)9-5-10-17-15/h4,7-8,11,14,16H,3,5-6,9-10H2,1-2H3. The quantitative estimate of drug-likeness (QED) is 0.873. The third-order valence-corrected chi connectivity index (χ3v) is 5.21. The summed E-state index contributed by atoms with van der Waals surface area (Å²) < 4.78 is 0.0187. The van der Waals surface area contributed by atoms with E-state index in [1.807, 2.05) is 11.8 Å². The van der Waals surface area contributed by atoms with Gasteiger partial charge in [0.2, 0.25) is 0 Å². The number of hydrogen-bond donors (Lipinski definition) is 1. The van der Waals surface area contributed by atoms with Gasteiger partial charge < -0.3 is 5.11 Å². The van der Waals surface area contributed by atoms with Crippen LogP contribution in [0.15, 0.2) is 24.3 Å². The number of benzene rings is 1. The van der Waals surface area contributed by atoms with Crippen LogP contribution in [0.2, 0.25) is 0 Å². The molecule has 0 aromatic heterocycles. The minimum atomic E-state index is -0.327. The molecular formula is C15H22OS. The van der Waals surface area contributed by atoms with Crippen LogP contribution in [0.4, 0.5) is 0 Å². The first-order valence-corrected chi connectivity index (χ1v) is 7.55. The molecule has 0 amide bonds. The van der Waals surface area contributed by atoms with E-state index in [0.29, 0.717) is 0 Å². The maximum absolute atomic E-state index is 10.6. The van der Waals surface area contributed by atoms with E-state index in [1.165, 1.54) is 17.7 Å². The number of aryl methyl sites for hydroxylation is 1. The van der Waals surface area contributed by atoms with Crippen molar-refractivity contribution < 1.29 is 5.11 Å². The van der Waals surface area contributed by atoms with Gasteiger partial charge in [-0.3, -0.25) is 0 Å². The lowest BCUT2D eigenvalue weighted by molar-refractivity contribution is 0.135. The van der Waals surface area contributed by atoms with Crippen molar-refractivity contribution in [3.63, 3.8) is 0 Å². The van der Waals surface area contributed by atoms with Gasteiger partial charge in [-0.05, 0) is 43.1 Å². The molecule has 0 radical (unpaired) electrons. The van der Waals surface area contributed by atoms with Crippen LogP contribution in [0.1, 0.15) is 50.3 Å². The van der Waals surface area contributed by atoms with Gasteiger partial charge in [0, 0.05) is 4.75 Å². The van der Waals surface area contributed by atoms with E-state index < -0.39 is 0 Å². The van der Waals surface area contributed by atoms with Gasteiger partial charge in [0.25, 0.3) is 0 Å². The Morgan fingerprint density at radius 2 is 2.29 bits per heavy atom. The van der Waals surface area contributed by atoms with E-state index in [2.05, 4.69) is 38.1 Å². The summed E-state index contributed by atoms with van der Waals surface area (Å²) in [5.74, 6) is 1.18. The summed E-state index contributed by atoms with van der Waals surface area (Å²) in [7, 11) is 0. The van der Waals surface area contributed by atoms with Crippen LogP contribution >= 0.6 is 11.8 Å². The predicted octanol–water partition coefficient (Wildman–Crippen LogP) is 3.96. The lowest BCUT2D eigenvalue weighted by atomic mass is 9.91. The summed E-state index contributed by atoms with van der Waals surface area (Å²) in [5.41, 5.74) is 2.43. The molecule has 1 fully saturated rings. The minimum Gasteiger partial charge on any atom is -0.387 e. The molecule has 2 rings (SSSR count). The Morgan fingerprint density at radius 3 is 2.94 bits per heavy atom. The summed E-state index contributed by atoms with van der Waals surface area (Å²) in [4.78, 5) is 0. The largest absolute Gasteiger partial charge is 0.387 e. The molecule has 1 aromatic rings. The van der Waals surface area contributed by atoms with E-state index >= 15 is 0 Å². The van der Waals surface area contributed by atoms with E-state index in [0.717, 1.165) is 24.8 Å². The first-order chi connectivity index (χ1) is 8.15. The third kappa shape index (κ3) is 2.86. The van der Waals surface area contributed by atoms with Gasteiger partial charge in [0.05, 0.1) is 6.10 Å². The van der Waals surface area contributed by atoms with Gasteiger partial charge in [-0.15, -0.1) is 0 Å². The van der Waals surface area contributed by atoms with Crippen LogP contribution in [-0.4, -0.2) is 15.6 Å². The molecule has 1 N–H and O–H groups in total. The summed E-state index contributed by atoms with van der Waals surface area (Å²) in [6.07, 6.45) is 4.28. The Hall–Kier alpha value is -0.470. The first-order valence-electron chi connectivity index (χ1n) is 6.56. The van der Waals surface area contributed by atoms with Crippen molar-refractivity contribution in [3.05, 3.63) is 35.4 Å². The van der Waals surface area contributed by atoms with Crippen molar-refractivity contribution in [2.75, 3.05) is 5.75 Å². The maximum atomic E-state index is 10.6. The van der Waals surface area contributed by atoms with Gasteiger partial charge in [-0.2, -0.15) is 11.8 Å². The van der Waals surface area contributed by atoms with Crippen molar-refractivity contribution in [1.82, 2.24) is 0 Å². The Labute approximate surface area is 109 Å². The van der Waals surface area contributed by atoms with Crippen LogP contribution in [0.25, 0.3) is 0 Å². The lowest BCUT2D eigenvalue weighted by Gasteiger charge is -2.29. The summed E-state index contributed by atoms with van der Waals surface area (Å²) in [6, 6.07) is 8.47. The van der Waals surface area contributed by atoms with Crippen LogP contribution in [-0.2, 0) is 6.42 Å². The van der Waals surface area contributed by atoms with Crippen LogP contribution < -0.4 is 0 Å². The highest BCUT2D eigenvalue weighted by atomic mass is 32.2. The second-order valence-corrected chi connectivity index (χ2v) is 6.79. The highest BCUT2D eigenvalue weighted by Crippen LogP contribution is 2.46. The van der Waals surface area contributed by atoms with Crippen molar-refractivity contribution in [2.24, 2.45) is 0 Å². The molecule has 0 saturated carbocycles. The van der Waals surface area contributed by atoms with E-state index in [-0.39, 0.29) is 10.9 Å². The first kappa shape index (κ1) is 13.0. The Balaban J connectivity index is 2.18. The average Bonchev–Trinajstić information content (AvgIpc) is 2.77. The van der Waals surface area contributed by atoms with E-state index in [1.54, 1.807) is 0 Å². The number of hydrogen-bond acceptors (Lipinski definition) is 2. The molecule has 2 unspecified atom stereocenters. The zero-order valence-corrected chi connectivity index (χ0v) is 11.6. The molecule has 1 heterocycles. The SMILES string of the molecule is CCCc1cccc(C(O)C2(C)CCCS2)c1. The molecule has 1 nitrogen and oxygen atoms in total. The molecule has 17 heavy (non-hydrogen) atoms. The van der Waals surface area contributed by atoms with E-state index in [9.17, 15) is 5.11 Å². The van der Waals surface area contributed by atoms with Gasteiger partial charge in [0.15, 0.2) is 0 Å². The van der Waals surface area contributed by atoms with Gasteiger partial charge in [0.1, 0.15) is 0 Å². The number of thioether (sulfide) groups is 1. The Bertz CT molecular complexity index is 369. The molecule has 1 aromatic carbocycles. The predicted molar refractivity (Wildman–Crippen MR) is 75.5 cm³/mol. The molecule has 0 spiro atoms. The fraction of sp³-hybridized carbons (Fsp3) is 0.600. The van der Waals surface area contributed by atoms with Gasteiger partial charge >= 0.3 is 0 Å². The maximum Gasteiger partial charge on any atom is 0.0934 e. The summed E-state index contributed by atoms with van der Waals surface area (Å²) in [5, 5.41) is 10.6. The molecule has 1 aliphatic rings. The molecule has 2 atom stereocenters. The normalized spacial score (nSPS) is 26.1. The highest BCUT2D eigenvalue weighted by Gasteiger charge is 2.37. The summed E-state index contributed by atoms with van der Waals surface area (Å²) >= 11 is 1.92. The zero-order chi connectivity index (χ0) is 12.3. The van der Waals surface area contributed by atoms with Crippen LogP contribution in [0.5, 0.6) is 0 Å². The topological polar surface area (TPSA) is 20.2 Å². The average molecular weight is 250 g/mol. The van der Waals surface area contributed by atoms with Crippen molar-refractivity contribution in [2.45, 2.75) is 50.4 Å². The molecule has 0 bridgehead atoms. The Kier molecular flexibility index (Phi) is 4.16. The van der Waals surface area contributed by atoms with Crippen molar-refractivity contribution in [1.29, 1.82) is 0 Å². The molecule has 1 saturated heterocycles. The molecule has 0 aliphatic carbocycles. The second kappa shape index (κ2) is 5.45. The zero-order valence-electron chi connectivity index (χ0n) is 10.8. The van der Waals surface area contributed by atoms with Crippen LogP contribution in [0, 0.1) is 0 Å². The smallest absolute Gasteiger partial charge is 0.0934 e. The van der Waals surface area contributed by atoms with E-state index in [4.69, 9.17) is 0 Å².